The summed E-state index contributed by atoms with van der Waals surface area (Å²) in [5.41, 5.74) is 2.26. The van der Waals surface area contributed by atoms with Gasteiger partial charge in [0.1, 0.15) is 5.76 Å². The van der Waals surface area contributed by atoms with Crippen LogP contribution in [-0.2, 0) is 17.6 Å². The van der Waals surface area contributed by atoms with Crippen molar-refractivity contribution in [2.45, 2.75) is 44.6 Å². The summed E-state index contributed by atoms with van der Waals surface area (Å²) < 4.78 is 11.2. The number of carbonyl (C=O) groups excluding carboxylic acids is 1. The monoisotopic (exact) mass is 327 g/mol. The fourth-order valence-electron chi connectivity index (χ4n) is 3.50. The highest BCUT2D eigenvalue weighted by atomic mass is 16.5. The Labute approximate surface area is 140 Å². The number of nitrogens with zero attached hydrogens (tertiary/aromatic N) is 3. The second-order valence-corrected chi connectivity index (χ2v) is 6.40. The van der Waals surface area contributed by atoms with Gasteiger partial charge in [0.15, 0.2) is 5.69 Å². The molecule has 6 heteroatoms. The first kappa shape index (κ1) is 15.3. The zero-order valence-electron chi connectivity index (χ0n) is 13.6. The molecule has 1 aliphatic carbocycles. The molecule has 0 spiro atoms. The fraction of sp³-hybridized carbons (Fsp3) is 0.500. The van der Waals surface area contributed by atoms with Gasteiger partial charge in [0.25, 0.3) is 5.91 Å². The minimum atomic E-state index is -0.108. The summed E-state index contributed by atoms with van der Waals surface area (Å²) in [6.45, 7) is 1.30. The second-order valence-electron chi connectivity index (χ2n) is 6.40. The van der Waals surface area contributed by atoms with Gasteiger partial charge in [-0.25, -0.2) is 0 Å². The molecule has 6 nitrogen and oxygen atoms in total. The molecule has 1 saturated heterocycles. The van der Waals surface area contributed by atoms with Crippen LogP contribution >= 0.6 is 0 Å². The first-order valence-electron chi connectivity index (χ1n) is 8.64. The maximum Gasteiger partial charge on any atom is 0.280 e. The van der Waals surface area contributed by atoms with Crippen LogP contribution in [0.15, 0.2) is 29.0 Å². The van der Waals surface area contributed by atoms with E-state index in [0.717, 1.165) is 62.1 Å². The van der Waals surface area contributed by atoms with Crippen LogP contribution in [0.4, 0.5) is 5.69 Å². The Hall–Kier alpha value is -2.21. The third kappa shape index (κ3) is 2.94. The summed E-state index contributed by atoms with van der Waals surface area (Å²) in [5.74, 6) is 0.764. The average molecular weight is 327 g/mol. The van der Waals surface area contributed by atoms with Crippen LogP contribution in [0.5, 0.6) is 0 Å². The summed E-state index contributed by atoms with van der Waals surface area (Å²) in [7, 11) is 0. The van der Waals surface area contributed by atoms with Gasteiger partial charge in [-0.1, -0.05) is 5.16 Å². The van der Waals surface area contributed by atoms with Crippen LogP contribution in [-0.4, -0.2) is 35.3 Å². The normalized spacial score (nSPS) is 19.9. The molecule has 0 N–H and O–H groups in total. The van der Waals surface area contributed by atoms with Gasteiger partial charge in [0.2, 0.25) is 0 Å². The SMILES string of the molecule is O=C(c1noc2c1CCCC2)N(CC1CCCO1)c1ccncc1. The van der Waals surface area contributed by atoms with E-state index < -0.39 is 0 Å². The molecule has 0 radical (unpaired) electrons. The van der Waals surface area contributed by atoms with E-state index in [1.165, 1.54) is 0 Å². The van der Waals surface area contributed by atoms with Gasteiger partial charge in [-0.15, -0.1) is 0 Å². The third-order valence-electron chi connectivity index (χ3n) is 4.78. The third-order valence-corrected chi connectivity index (χ3v) is 4.78. The summed E-state index contributed by atoms with van der Waals surface area (Å²) in [4.78, 5) is 19.0. The van der Waals surface area contributed by atoms with Gasteiger partial charge in [-0.2, -0.15) is 0 Å². The van der Waals surface area contributed by atoms with Gasteiger partial charge in [0.05, 0.1) is 12.6 Å². The number of hydrogen-bond donors (Lipinski definition) is 0. The van der Waals surface area contributed by atoms with Crippen molar-refractivity contribution in [3.63, 3.8) is 0 Å². The van der Waals surface area contributed by atoms with E-state index in [1.807, 2.05) is 12.1 Å². The molecule has 126 valence electrons. The first-order valence-corrected chi connectivity index (χ1v) is 8.64. The van der Waals surface area contributed by atoms with Gasteiger partial charge in [-0.3, -0.25) is 9.78 Å². The molecule has 0 bridgehead atoms. The van der Waals surface area contributed by atoms with Crippen LogP contribution in [0.3, 0.4) is 0 Å². The highest BCUT2D eigenvalue weighted by molar-refractivity contribution is 6.05. The van der Waals surface area contributed by atoms with Crippen LogP contribution in [0, 0.1) is 0 Å². The largest absolute Gasteiger partial charge is 0.376 e. The molecule has 1 atom stereocenters. The molecule has 24 heavy (non-hydrogen) atoms. The molecular weight excluding hydrogens is 306 g/mol. The van der Waals surface area contributed by atoms with Crippen LogP contribution in [0.1, 0.15) is 47.5 Å². The van der Waals surface area contributed by atoms with E-state index in [1.54, 1.807) is 17.3 Å². The Morgan fingerprint density at radius 1 is 1.21 bits per heavy atom. The lowest BCUT2D eigenvalue weighted by molar-refractivity contribution is 0.0909. The Morgan fingerprint density at radius 2 is 2.04 bits per heavy atom. The summed E-state index contributed by atoms with van der Waals surface area (Å²) in [6.07, 6.45) is 9.40. The highest BCUT2D eigenvalue weighted by Gasteiger charge is 2.30. The number of amides is 1. The maximum absolute atomic E-state index is 13.2. The minimum Gasteiger partial charge on any atom is -0.376 e. The number of fused-ring (bicyclic) bond motifs is 1. The minimum absolute atomic E-state index is 0.0739. The predicted octanol–water partition coefficient (Wildman–Crippen LogP) is 2.77. The lowest BCUT2D eigenvalue weighted by atomic mass is 9.96. The van der Waals surface area contributed by atoms with Crippen molar-refractivity contribution in [2.24, 2.45) is 0 Å². The van der Waals surface area contributed by atoms with E-state index in [0.29, 0.717) is 12.2 Å². The van der Waals surface area contributed by atoms with Crippen molar-refractivity contribution in [3.05, 3.63) is 41.5 Å². The van der Waals surface area contributed by atoms with Crippen molar-refractivity contribution in [1.29, 1.82) is 0 Å². The van der Waals surface area contributed by atoms with E-state index in [4.69, 9.17) is 9.26 Å². The number of carbonyl (C=O) groups is 1. The molecule has 2 aromatic heterocycles. The van der Waals surface area contributed by atoms with E-state index >= 15 is 0 Å². The number of pyridine rings is 1. The zero-order chi connectivity index (χ0) is 16.4. The van der Waals surface area contributed by atoms with Crippen molar-refractivity contribution in [2.75, 3.05) is 18.1 Å². The van der Waals surface area contributed by atoms with Gasteiger partial charge in [-0.05, 0) is 44.2 Å². The molecular formula is C18H21N3O3. The molecule has 0 aromatic carbocycles. The zero-order valence-corrected chi connectivity index (χ0v) is 13.6. The first-order chi connectivity index (χ1) is 11.8. The van der Waals surface area contributed by atoms with Crippen LogP contribution in [0.2, 0.25) is 0 Å². The molecule has 4 rings (SSSR count). The Bertz CT molecular complexity index is 708. The Kier molecular flexibility index (Phi) is 4.30. The van der Waals surface area contributed by atoms with Crippen molar-refractivity contribution in [3.8, 4) is 0 Å². The van der Waals surface area contributed by atoms with Crippen LogP contribution < -0.4 is 4.90 Å². The molecule has 1 fully saturated rings. The lowest BCUT2D eigenvalue weighted by Gasteiger charge is -2.25. The molecule has 0 saturated carbocycles. The average Bonchev–Trinajstić information content (AvgIpc) is 3.29. The number of ether oxygens (including phenoxy) is 1. The summed E-state index contributed by atoms with van der Waals surface area (Å²) >= 11 is 0. The standard InChI is InChI=1S/C18H21N3O3/c22-18(17-15-5-1-2-6-16(15)24-20-17)21(12-14-4-3-11-23-14)13-7-9-19-10-8-13/h7-10,14H,1-6,11-12H2. The highest BCUT2D eigenvalue weighted by Crippen LogP contribution is 2.27. The van der Waals surface area contributed by atoms with E-state index in [-0.39, 0.29) is 12.0 Å². The quantitative estimate of drug-likeness (QED) is 0.864. The lowest BCUT2D eigenvalue weighted by Crippen LogP contribution is -2.38. The van der Waals surface area contributed by atoms with Crippen molar-refractivity contribution < 1.29 is 14.1 Å². The molecule has 1 aliphatic heterocycles. The molecule has 2 aliphatic rings. The Balaban J connectivity index is 1.64. The molecule has 3 heterocycles. The molecule has 1 unspecified atom stereocenters. The number of hydrogen-bond acceptors (Lipinski definition) is 5. The van der Waals surface area contributed by atoms with Gasteiger partial charge in [0, 0.05) is 36.7 Å². The maximum atomic E-state index is 13.2. The topological polar surface area (TPSA) is 68.5 Å². The number of aryl methyl sites for hydroxylation is 1. The van der Waals surface area contributed by atoms with Gasteiger partial charge < -0.3 is 14.2 Å². The number of rotatable bonds is 4. The van der Waals surface area contributed by atoms with E-state index in [2.05, 4.69) is 10.1 Å². The van der Waals surface area contributed by atoms with Crippen molar-refractivity contribution in [1.82, 2.24) is 10.1 Å². The fourth-order valence-corrected chi connectivity index (χ4v) is 3.50. The Morgan fingerprint density at radius 3 is 2.83 bits per heavy atom. The molecule has 1 amide bonds. The van der Waals surface area contributed by atoms with Crippen LogP contribution in [0.25, 0.3) is 0 Å². The second kappa shape index (κ2) is 6.73. The predicted molar refractivity (Wildman–Crippen MR) is 88.0 cm³/mol. The number of anilines is 1. The summed E-state index contributed by atoms with van der Waals surface area (Å²) in [5, 5.41) is 4.10. The number of aromatic nitrogens is 2. The van der Waals surface area contributed by atoms with E-state index in [9.17, 15) is 4.79 Å². The van der Waals surface area contributed by atoms with Gasteiger partial charge >= 0.3 is 0 Å². The van der Waals surface area contributed by atoms with Crippen molar-refractivity contribution >= 4 is 11.6 Å². The molecule has 2 aromatic rings. The summed E-state index contributed by atoms with van der Waals surface area (Å²) in [6, 6.07) is 3.69. The smallest absolute Gasteiger partial charge is 0.280 e.